The SMILES string of the molecule is NS(=O)(=O)c1ccccc1-c1ccc2nc(CCc3cc(F)ccc3F)[nH]c2c1.NS(=O)(=O)c1ccccc1-c1ccc2nc(CCc3ccc(F)c(F)c3)[nH]c2c1.NS(=O)(=O)c1ccccc1-c1ccc2nc(CCc3cccc(F)c3F)[nH]c2c1. The molecular weight excluding hydrogens is 1190 g/mol. The largest absolute Gasteiger partial charge is 0.342 e. The number of aryl methyl sites for hydroxylation is 6. The normalized spacial score (nSPS) is 11.8. The van der Waals surface area contributed by atoms with E-state index in [1.54, 1.807) is 115 Å². The Bertz CT molecular complexity index is 4770. The number of H-pyrrole nitrogens is 3. The first-order valence-corrected chi connectivity index (χ1v) is 31.2. The minimum Gasteiger partial charge on any atom is -0.342 e. The number of primary sulfonamides is 3. The Hall–Kier alpha value is -9.30. The lowest BCUT2D eigenvalue weighted by Gasteiger charge is -2.07. The van der Waals surface area contributed by atoms with E-state index in [9.17, 15) is 51.6 Å². The molecule has 0 radical (unpaired) electrons. The highest BCUT2D eigenvalue weighted by Gasteiger charge is 2.20. The van der Waals surface area contributed by atoms with Gasteiger partial charge >= 0.3 is 0 Å². The molecule has 0 aliphatic heterocycles. The molecule has 0 spiro atoms. The quantitative estimate of drug-likeness (QED) is 0.0532. The number of nitrogens with two attached hydrogens (primary N) is 3. The molecule has 24 heteroatoms. The summed E-state index contributed by atoms with van der Waals surface area (Å²) in [6.07, 6.45) is 2.41. The zero-order valence-electron chi connectivity index (χ0n) is 45.6. The van der Waals surface area contributed by atoms with Crippen LogP contribution >= 0.6 is 0 Å². The van der Waals surface area contributed by atoms with Crippen LogP contribution in [0.25, 0.3) is 66.5 Å². The number of fused-ring (bicyclic) bond motifs is 3. The molecule has 9 aromatic carbocycles. The van der Waals surface area contributed by atoms with Gasteiger partial charge in [-0.2, -0.15) is 0 Å². The van der Waals surface area contributed by atoms with E-state index in [4.69, 9.17) is 15.4 Å². The molecule has 12 rings (SSSR count). The van der Waals surface area contributed by atoms with Crippen molar-refractivity contribution in [2.75, 3.05) is 0 Å². The third-order valence-electron chi connectivity index (χ3n) is 14.0. The minimum atomic E-state index is -3.87. The van der Waals surface area contributed by atoms with Crippen molar-refractivity contribution in [3.05, 3.63) is 251 Å². The molecule has 3 heterocycles. The van der Waals surface area contributed by atoms with E-state index in [2.05, 4.69) is 29.9 Å². The summed E-state index contributed by atoms with van der Waals surface area (Å²) in [5.41, 5.74) is 9.05. The number of rotatable bonds is 15. The predicted octanol–water partition coefficient (Wildman–Crippen LogP) is 11.8. The van der Waals surface area contributed by atoms with Crippen molar-refractivity contribution in [2.24, 2.45) is 15.4 Å². The zero-order chi connectivity index (χ0) is 61.8. The number of nitrogens with zero attached hydrogens (tertiary/aromatic N) is 3. The van der Waals surface area contributed by atoms with Crippen LogP contribution in [0.2, 0.25) is 0 Å². The molecule has 0 amide bonds. The van der Waals surface area contributed by atoms with Gasteiger partial charge in [-0.1, -0.05) is 91.0 Å². The number of nitrogens with one attached hydrogen (secondary N) is 3. The van der Waals surface area contributed by atoms with E-state index >= 15 is 0 Å². The first-order valence-electron chi connectivity index (χ1n) is 26.6. The third-order valence-corrected chi connectivity index (χ3v) is 16.9. The molecule has 0 atom stereocenters. The second-order valence-electron chi connectivity index (χ2n) is 20.1. The molecule has 0 unspecified atom stereocenters. The highest BCUT2D eigenvalue weighted by Crippen LogP contribution is 2.32. The highest BCUT2D eigenvalue weighted by molar-refractivity contribution is 7.89. The highest BCUT2D eigenvalue weighted by atomic mass is 32.2. The van der Waals surface area contributed by atoms with Crippen LogP contribution in [0.5, 0.6) is 0 Å². The first kappa shape index (κ1) is 60.8. The summed E-state index contributed by atoms with van der Waals surface area (Å²) in [6, 6.07) is 46.9. The van der Waals surface area contributed by atoms with Gasteiger partial charge in [0.15, 0.2) is 23.3 Å². The van der Waals surface area contributed by atoms with Gasteiger partial charge in [0.2, 0.25) is 30.1 Å². The van der Waals surface area contributed by atoms with Gasteiger partial charge in [0.1, 0.15) is 29.1 Å². The Labute approximate surface area is 495 Å². The van der Waals surface area contributed by atoms with Crippen LogP contribution in [0.15, 0.2) is 197 Å². The van der Waals surface area contributed by atoms with Crippen molar-refractivity contribution in [1.82, 2.24) is 29.9 Å². The van der Waals surface area contributed by atoms with E-state index in [1.165, 1.54) is 36.4 Å². The molecule has 87 heavy (non-hydrogen) atoms. The van der Waals surface area contributed by atoms with Crippen LogP contribution in [0.3, 0.4) is 0 Å². The number of aromatic amines is 3. The summed E-state index contributed by atoms with van der Waals surface area (Å²) in [6.45, 7) is 0. The topological polar surface area (TPSA) is 267 Å². The lowest BCUT2D eigenvalue weighted by molar-refractivity contribution is 0.498. The maximum atomic E-state index is 13.8. The van der Waals surface area contributed by atoms with E-state index in [-0.39, 0.29) is 25.8 Å². The van der Waals surface area contributed by atoms with Gasteiger partial charge in [0, 0.05) is 36.0 Å². The van der Waals surface area contributed by atoms with Crippen molar-refractivity contribution in [3.8, 4) is 33.4 Å². The predicted molar refractivity (Wildman–Crippen MR) is 320 cm³/mol. The number of aromatic nitrogens is 6. The van der Waals surface area contributed by atoms with E-state index in [1.807, 2.05) is 6.07 Å². The Morgan fingerprint density at radius 3 is 1.17 bits per heavy atom. The molecule has 12 aromatic rings. The van der Waals surface area contributed by atoms with Crippen LogP contribution in [-0.2, 0) is 68.6 Å². The average Bonchev–Trinajstić information content (AvgIpc) is 2.73. The lowest BCUT2D eigenvalue weighted by atomic mass is 10.1. The number of sulfonamides is 3. The zero-order valence-corrected chi connectivity index (χ0v) is 48.0. The molecular formula is C63H51F6N9O6S3. The average molecular weight is 1240 g/mol. The van der Waals surface area contributed by atoms with Crippen LogP contribution in [0.4, 0.5) is 26.3 Å². The maximum absolute atomic E-state index is 13.8. The number of benzene rings is 9. The molecule has 0 saturated carbocycles. The molecule has 444 valence electrons. The van der Waals surface area contributed by atoms with Gasteiger partial charge in [-0.05, 0) is 144 Å². The second kappa shape index (κ2) is 25.3. The van der Waals surface area contributed by atoms with Crippen molar-refractivity contribution in [2.45, 2.75) is 53.2 Å². The lowest BCUT2D eigenvalue weighted by Crippen LogP contribution is -2.13. The molecule has 9 N–H and O–H groups in total. The summed E-state index contributed by atoms with van der Waals surface area (Å²) >= 11 is 0. The van der Waals surface area contributed by atoms with Gasteiger partial charge in [-0.3, -0.25) is 0 Å². The standard InChI is InChI=1S/3C21H17F2N3O2S/c22-16-6-3-4-13(21(16)23)9-11-20-25-17-10-8-14(12-18(17)26-20)15-5-1-2-7-19(15)29(24,27)28;22-15-7-8-17(23)14(11-15)6-10-21-25-18-9-5-13(12-19(18)26-21)16-3-1-2-4-20(16)29(24,27)28;22-16-8-5-13(11-17(16)23)6-10-21-25-18-9-7-14(12-19(18)26-21)15-3-1-2-4-20(15)29(24,27)28/h1-8,10,12H,9,11H2,(H,25,26)(H2,24,27,28);2*1-5,7-9,11-12H,6,10H2,(H,25,26)(H2,24,27,28). The maximum Gasteiger partial charge on any atom is 0.238 e. The van der Waals surface area contributed by atoms with E-state index < -0.39 is 65.0 Å². The van der Waals surface area contributed by atoms with Crippen LogP contribution < -0.4 is 15.4 Å². The van der Waals surface area contributed by atoms with Crippen molar-refractivity contribution < 1.29 is 51.6 Å². The van der Waals surface area contributed by atoms with Crippen molar-refractivity contribution >= 4 is 63.2 Å². The second-order valence-corrected chi connectivity index (χ2v) is 24.7. The minimum absolute atomic E-state index is 0.0423. The summed E-state index contributed by atoms with van der Waals surface area (Å²) in [7, 11) is -11.6. The number of hydrogen-bond acceptors (Lipinski definition) is 9. The number of imidazole rings is 3. The van der Waals surface area contributed by atoms with E-state index in [0.29, 0.717) is 117 Å². The number of hydrogen-bond donors (Lipinski definition) is 6. The summed E-state index contributed by atoms with van der Waals surface area (Å²) < 4.78 is 152. The van der Waals surface area contributed by atoms with Gasteiger partial charge in [-0.25, -0.2) is 82.0 Å². The van der Waals surface area contributed by atoms with E-state index in [0.717, 1.165) is 35.3 Å². The molecule has 0 aliphatic rings. The third kappa shape index (κ3) is 14.5. The molecule has 0 bridgehead atoms. The Balaban J connectivity index is 0.000000144. The fraction of sp³-hybridized carbons (Fsp3) is 0.0952. The Morgan fingerprint density at radius 2 is 0.747 bits per heavy atom. The van der Waals surface area contributed by atoms with Crippen LogP contribution in [0, 0.1) is 34.9 Å². The van der Waals surface area contributed by atoms with Gasteiger partial charge < -0.3 is 15.0 Å². The molecule has 0 fully saturated rings. The first-order chi connectivity index (χ1) is 41.4. The summed E-state index contributed by atoms with van der Waals surface area (Å²) in [5.74, 6) is -2.44. The van der Waals surface area contributed by atoms with Crippen molar-refractivity contribution in [1.29, 1.82) is 0 Å². The molecule has 0 aliphatic carbocycles. The molecule has 3 aromatic heterocycles. The van der Waals surface area contributed by atoms with Gasteiger partial charge in [0.25, 0.3) is 0 Å². The van der Waals surface area contributed by atoms with Crippen LogP contribution in [0.1, 0.15) is 34.2 Å². The fourth-order valence-corrected chi connectivity index (χ4v) is 12.1. The summed E-state index contributed by atoms with van der Waals surface area (Å²) in [5, 5.41) is 16.0. The molecule has 15 nitrogen and oxygen atoms in total. The number of halogens is 6. The smallest absolute Gasteiger partial charge is 0.238 e. The van der Waals surface area contributed by atoms with Crippen LogP contribution in [-0.4, -0.2) is 55.2 Å². The van der Waals surface area contributed by atoms with Gasteiger partial charge in [0.05, 0.1) is 47.8 Å². The summed E-state index contributed by atoms with van der Waals surface area (Å²) in [4.78, 5) is 23.1. The Morgan fingerprint density at radius 1 is 0.345 bits per heavy atom. The fourth-order valence-electron chi connectivity index (χ4n) is 9.85. The molecule has 0 saturated heterocycles. The van der Waals surface area contributed by atoms with Crippen molar-refractivity contribution in [3.63, 3.8) is 0 Å². The van der Waals surface area contributed by atoms with Gasteiger partial charge in [-0.15, -0.1) is 0 Å². The monoisotopic (exact) mass is 1240 g/mol. The Kier molecular flexibility index (Phi) is 17.7.